The van der Waals surface area contributed by atoms with Crippen molar-refractivity contribution < 1.29 is 28.4 Å². The molecule has 0 bridgehead atoms. The fourth-order valence-corrected chi connectivity index (χ4v) is 2.33. The Morgan fingerprint density at radius 2 is 1.43 bits per heavy atom. The van der Waals surface area contributed by atoms with Gasteiger partial charge in [0, 0.05) is 0 Å². The Morgan fingerprint density at radius 1 is 0.857 bits per heavy atom. The molecule has 0 aliphatic carbocycles. The predicted octanol–water partition coefficient (Wildman–Crippen LogP) is 5.80. The molecule has 0 amide bonds. The molecule has 121 valence electrons. The first-order valence-corrected chi connectivity index (χ1v) is 9.25. The Labute approximate surface area is 142 Å². The van der Waals surface area contributed by atoms with Gasteiger partial charge >= 0.3 is 97.9 Å². The van der Waals surface area contributed by atoms with Crippen LogP contribution in [-0.4, -0.2) is 5.97 Å². The number of carbonyl (C=O) groups is 1. The normalized spacial score (nSPS) is 11.5. The second-order valence-electron chi connectivity index (χ2n) is 5.44. The molecule has 2 nitrogen and oxygen atoms in total. The van der Waals surface area contributed by atoms with Crippen LogP contribution in [-0.2, 0) is 28.4 Å². The molecule has 0 aromatic heterocycles. The summed E-state index contributed by atoms with van der Waals surface area (Å²) in [6.45, 7) is 2.24. The van der Waals surface area contributed by atoms with Crippen LogP contribution in [0.3, 0.4) is 0 Å². The van der Waals surface area contributed by atoms with Gasteiger partial charge in [-0.15, -0.1) is 0 Å². The standard InChI is InChI=1S/C18H32O2.Mo/c1-2-3-4-5-6-7-8-9-10-11-12-13-14-15-16-17-18(19)20;/h6-7,9-10H,2-5,8,11-17H2,1H3,(H,19,20);/q;+1/p-1/b7-6-,10-9-;. The average Bonchev–Trinajstić information content (AvgIpc) is 2.50. The van der Waals surface area contributed by atoms with Gasteiger partial charge in [0.05, 0.1) is 0 Å². The van der Waals surface area contributed by atoms with E-state index in [1.54, 1.807) is 0 Å². The zero-order chi connectivity index (χ0) is 15.6. The van der Waals surface area contributed by atoms with Gasteiger partial charge < -0.3 is 0 Å². The van der Waals surface area contributed by atoms with Crippen LogP contribution in [0.5, 0.6) is 0 Å². The van der Waals surface area contributed by atoms with Gasteiger partial charge in [-0.3, -0.25) is 0 Å². The van der Waals surface area contributed by atoms with Crippen molar-refractivity contribution in [1.29, 1.82) is 0 Å². The molecule has 0 saturated carbocycles. The number of hydrogen-bond donors (Lipinski definition) is 0. The topological polar surface area (TPSA) is 26.3 Å². The molecule has 0 heterocycles. The number of unbranched alkanes of at least 4 members (excludes halogenated alkanes) is 8. The van der Waals surface area contributed by atoms with E-state index in [-0.39, 0.29) is 5.97 Å². The van der Waals surface area contributed by atoms with Crippen molar-refractivity contribution in [3.63, 3.8) is 0 Å². The Bertz CT molecular complexity index is 285. The quantitative estimate of drug-likeness (QED) is 0.218. The van der Waals surface area contributed by atoms with E-state index in [9.17, 15) is 4.79 Å². The summed E-state index contributed by atoms with van der Waals surface area (Å²) in [5, 5.41) is 0. The van der Waals surface area contributed by atoms with Crippen LogP contribution in [0.4, 0.5) is 0 Å². The third-order valence-electron chi connectivity index (χ3n) is 3.42. The molecule has 0 fully saturated rings. The summed E-state index contributed by atoms with van der Waals surface area (Å²) < 4.78 is 4.63. The first kappa shape index (κ1) is 20.6. The van der Waals surface area contributed by atoms with Crippen LogP contribution >= 0.6 is 0 Å². The van der Waals surface area contributed by atoms with Crippen LogP contribution in [0.15, 0.2) is 24.3 Å². The summed E-state index contributed by atoms with van der Waals surface area (Å²) in [6, 6.07) is 0. The van der Waals surface area contributed by atoms with Gasteiger partial charge in [0.2, 0.25) is 0 Å². The van der Waals surface area contributed by atoms with Crippen molar-refractivity contribution in [2.75, 3.05) is 0 Å². The maximum absolute atomic E-state index is 10.9. The second-order valence-corrected chi connectivity index (χ2v) is 5.85. The summed E-state index contributed by atoms with van der Waals surface area (Å²) in [6.07, 6.45) is 23.0. The Balaban J connectivity index is 3.20. The predicted molar refractivity (Wildman–Crippen MR) is 85.5 cm³/mol. The molecular weight excluding hydrogens is 344 g/mol. The van der Waals surface area contributed by atoms with E-state index in [1.807, 2.05) is 0 Å². The summed E-state index contributed by atoms with van der Waals surface area (Å²) in [4.78, 5) is 10.9. The van der Waals surface area contributed by atoms with E-state index >= 15 is 0 Å². The third-order valence-corrected chi connectivity index (χ3v) is 3.88. The van der Waals surface area contributed by atoms with Crippen LogP contribution in [0.25, 0.3) is 0 Å². The monoisotopic (exact) mass is 377 g/mol. The summed E-state index contributed by atoms with van der Waals surface area (Å²) >= 11 is 1.39. The first-order chi connectivity index (χ1) is 10.3. The molecule has 0 spiro atoms. The van der Waals surface area contributed by atoms with E-state index in [4.69, 9.17) is 0 Å². The molecule has 3 heteroatoms. The average molecular weight is 375 g/mol. The van der Waals surface area contributed by atoms with Crippen molar-refractivity contribution in [2.45, 2.75) is 84.0 Å². The molecule has 0 rings (SSSR count). The molecule has 0 unspecified atom stereocenters. The summed E-state index contributed by atoms with van der Waals surface area (Å²) in [7, 11) is 0. The molecule has 0 aromatic rings. The number of carbonyl (C=O) groups excluding carboxylic acids is 1. The zero-order valence-electron chi connectivity index (χ0n) is 13.5. The molecule has 0 aliphatic rings. The van der Waals surface area contributed by atoms with Crippen molar-refractivity contribution in [1.82, 2.24) is 0 Å². The van der Waals surface area contributed by atoms with Gasteiger partial charge in [-0.2, -0.15) is 0 Å². The molecule has 0 radical (unpaired) electrons. The van der Waals surface area contributed by atoms with Crippen molar-refractivity contribution in [3.05, 3.63) is 24.3 Å². The van der Waals surface area contributed by atoms with E-state index in [1.165, 1.54) is 71.6 Å². The van der Waals surface area contributed by atoms with Crippen LogP contribution in [0.2, 0.25) is 0 Å². The van der Waals surface area contributed by atoms with E-state index in [0.29, 0.717) is 6.42 Å². The van der Waals surface area contributed by atoms with Gasteiger partial charge in [-0.1, -0.05) is 31.9 Å². The van der Waals surface area contributed by atoms with Gasteiger partial charge in [0.25, 0.3) is 0 Å². The Kier molecular flexibility index (Phi) is 17.4. The van der Waals surface area contributed by atoms with Crippen molar-refractivity contribution >= 4 is 5.97 Å². The Hall–Kier alpha value is -0.362. The molecular formula is C18H31MoO2. The van der Waals surface area contributed by atoms with E-state index in [0.717, 1.165) is 19.3 Å². The fraction of sp³-hybridized carbons (Fsp3) is 0.722. The van der Waals surface area contributed by atoms with Crippen molar-refractivity contribution in [2.24, 2.45) is 0 Å². The van der Waals surface area contributed by atoms with Gasteiger partial charge in [0.1, 0.15) is 0 Å². The zero-order valence-corrected chi connectivity index (χ0v) is 15.5. The second kappa shape index (κ2) is 17.7. The van der Waals surface area contributed by atoms with Crippen LogP contribution in [0, 0.1) is 0 Å². The summed E-state index contributed by atoms with van der Waals surface area (Å²) in [5.74, 6) is -0.0783. The third kappa shape index (κ3) is 17.6. The Morgan fingerprint density at radius 3 is 2.05 bits per heavy atom. The van der Waals surface area contributed by atoms with E-state index in [2.05, 4.69) is 34.6 Å². The van der Waals surface area contributed by atoms with Crippen LogP contribution < -0.4 is 0 Å². The van der Waals surface area contributed by atoms with Gasteiger partial charge in [-0.25, -0.2) is 0 Å². The minimum absolute atomic E-state index is 0.0783. The number of allylic oxidation sites excluding steroid dienone is 4. The van der Waals surface area contributed by atoms with Crippen molar-refractivity contribution in [3.8, 4) is 0 Å². The fourth-order valence-electron chi connectivity index (χ4n) is 2.12. The van der Waals surface area contributed by atoms with E-state index < -0.39 is 0 Å². The number of hydrogen-bond acceptors (Lipinski definition) is 2. The minimum atomic E-state index is -0.0783. The molecule has 0 atom stereocenters. The first-order valence-electron chi connectivity index (χ1n) is 8.44. The SMILES string of the molecule is CCCCC/C=C\C/C=C\CCCCCCCC(=O)[O][Mo]. The molecule has 0 aromatic carbocycles. The molecule has 0 aliphatic heterocycles. The molecule has 21 heavy (non-hydrogen) atoms. The van der Waals surface area contributed by atoms with Gasteiger partial charge in [0.15, 0.2) is 0 Å². The molecule has 0 saturated heterocycles. The maximum atomic E-state index is 10.9. The van der Waals surface area contributed by atoms with Crippen LogP contribution in [0.1, 0.15) is 84.0 Å². The summed E-state index contributed by atoms with van der Waals surface area (Å²) in [5.41, 5.74) is 0. The number of rotatable bonds is 14. The van der Waals surface area contributed by atoms with Gasteiger partial charge in [-0.05, 0) is 12.8 Å². The molecule has 0 N–H and O–H groups in total.